The molecule has 0 aromatic heterocycles. The van der Waals surface area contributed by atoms with E-state index in [9.17, 15) is 0 Å². The van der Waals surface area contributed by atoms with Crippen LogP contribution in [0.3, 0.4) is 0 Å². The van der Waals surface area contributed by atoms with Gasteiger partial charge in [-0.05, 0) is 25.6 Å². The number of hydrogen-bond acceptors (Lipinski definition) is 3. The average molecular weight is 130 g/mol. The van der Waals surface area contributed by atoms with E-state index in [1.807, 2.05) is 19.4 Å². The van der Waals surface area contributed by atoms with Gasteiger partial charge in [0.1, 0.15) is 0 Å². The van der Waals surface area contributed by atoms with E-state index in [0.717, 1.165) is 12.1 Å². The molecule has 0 fully saturated rings. The van der Waals surface area contributed by atoms with Crippen molar-refractivity contribution in [3.63, 3.8) is 0 Å². The van der Waals surface area contributed by atoms with Crippen molar-refractivity contribution in [2.24, 2.45) is 5.16 Å². The van der Waals surface area contributed by atoms with Crippen molar-refractivity contribution < 1.29 is 4.84 Å². The minimum Gasteiger partial charge on any atom is -0.340 e. The summed E-state index contributed by atoms with van der Waals surface area (Å²) in [5.74, 6) is 0. The summed E-state index contributed by atoms with van der Waals surface area (Å²) >= 11 is 4.24. The Kier molecular flexibility index (Phi) is 4.45. The molecule has 0 aliphatic carbocycles. The zero-order valence-corrected chi connectivity index (χ0v) is 5.79. The molecule has 2 nitrogen and oxygen atoms in total. The third-order valence-corrected chi connectivity index (χ3v) is 0.825. The van der Waals surface area contributed by atoms with Crippen LogP contribution in [0.5, 0.6) is 0 Å². The van der Waals surface area contributed by atoms with Gasteiger partial charge in [0.05, 0.1) is 5.71 Å². The van der Waals surface area contributed by atoms with Gasteiger partial charge in [0.15, 0.2) is 0 Å². The quantitative estimate of drug-likeness (QED) is 0.329. The second-order valence-electron chi connectivity index (χ2n) is 1.35. The zero-order chi connectivity index (χ0) is 6.41. The van der Waals surface area contributed by atoms with Crippen molar-refractivity contribution in [3.8, 4) is 0 Å². The molecule has 0 amide bonds. The number of nitrogens with zero attached hydrogens (tertiary/aromatic N) is 1. The first-order chi connectivity index (χ1) is 3.81. The first kappa shape index (κ1) is 7.56. The molecule has 0 saturated carbocycles. The van der Waals surface area contributed by atoms with Gasteiger partial charge in [-0.1, -0.05) is 12.1 Å². The van der Waals surface area contributed by atoms with E-state index in [-0.39, 0.29) is 0 Å². The molecule has 3 heteroatoms. The maximum atomic E-state index is 4.34. The molecule has 0 aromatic carbocycles. The predicted octanol–water partition coefficient (Wildman–Crippen LogP) is 1.62. The topological polar surface area (TPSA) is 21.6 Å². The molecule has 0 saturated heterocycles. The van der Waals surface area contributed by atoms with Crippen LogP contribution < -0.4 is 0 Å². The van der Waals surface area contributed by atoms with Gasteiger partial charge in [-0.15, -0.1) is 0 Å². The van der Waals surface area contributed by atoms with Crippen molar-refractivity contribution in [2.75, 3.05) is 0 Å². The van der Waals surface area contributed by atoms with Gasteiger partial charge in [0, 0.05) is 0 Å². The third kappa shape index (κ3) is 3.74. The van der Waals surface area contributed by atoms with Crippen LogP contribution in [-0.4, -0.2) is 11.3 Å². The van der Waals surface area contributed by atoms with E-state index in [2.05, 4.69) is 22.2 Å². The van der Waals surface area contributed by atoms with E-state index in [1.165, 1.54) is 0 Å². The Morgan fingerprint density at radius 1 is 1.88 bits per heavy atom. The molecule has 0 N–H and O–H groups in total. The maximum absolute atomic E-state index is 4.34. The minimum atomic E-state index is 0.886. The van der Waals surface area contributed by atoms with Gasteiger partial charge in [-0.3, -0.25) is 0 Å². The van der Waals surface area contributed by atoms with Crippen LogP contribution in [0.1, 0.15) is 20.3 Å². The molecular formula is C5H8NOS. The van der Waals surface area contributed by atoms with E-state index < -0.39 is 0 Å². The van der Waals surface area contributed by atoms with E-state index >= 15 is 0 Å². The summed E-state index contributed by atoms with van der Waals surface area (Å²) in [6.45, 7) is 3.86. The lowest BCUT2D eigenvalue weighted by atomic mass is 10.3. The van der Waals surface area contributed by atoms with Crippen molar-refractivity contribution >= 4 is 23.5 Å². The van der Waals surface area contributed by atoms with E-state index in [4.69, 9.17) is 0 Å². The smallest absolute Gasteiger partial charge is 0.278 e. The number of hydrogen-bond donors (Lipinski definition) is 0. The third-order valence-electron chi connectivity index (χ3n) is 0.750. The van der Waals surface area contributed by atoms with Gasteiger partial charge in [-0.2, -0.15) is 0 Å². The summed E-state index contributed by atoms with van der Waals surface area (Å²) in [5.41, 5.74) is 2.95. The molecule has 0 aliphatic rings. The van der Waals surface area contributed by atoms with Crippen LogP contribution >= 0.6 is 12.2 Å². The van der Waals surface area contributed by atoms with Crippen molar-refractivity contribution in [1.82, 2.24) is 0 Å². The number of rotatable bonds is 3. The fourth-order valence-electron chi connectivity index (χ4n) is 0.161. The van der Waals surface area contributed by atoms with Crippen LogP contribution in [0.15, 0.2) is 5.16 Å². The highest BCUT2D eigenvalue weighted by Crippen LogP contribution is 1.83. The molecule has 1 radical (unpaired) electrons. The van der Waals surface area contributed by atoms with Crippen molar-refractivity contribution in [3.05, 3.63) is 0 Å². The van der Waals surface area contributed by atoms with E-state index in [0.29, 0.717) is 0 Å². The van der Waals surface area contributed by atoms with Crippen LogP contribution in [0.2, 0.25) is 0 Å². The SMILES string of the molecule is CCC(C)=NO[C]=S. The fourth-order valence-corrected chi connectivity index (χ4v) is 0.198. The van der Waals surface area contributed by atoms with Crippen LogP contribution in [-0.2, 0) is 4.84 Å². The van der Waals surface area contributed by atoms with Crippen molar-refractivity contribution in [1.29, 1.82) is 0 Å². The average Bonchev–Trinajstić information content (AvgIpc) is 1.83. The first-order valence-electron chi connectivity index (χ1n) is 2.38. The Morgan fingerprint density at radius 2 is 2.50 bits per heavy atom. The maximum Gasteiger partial charge on any atom is 0.278 e. The molecule has 8 heavy (non-hydrogen) atoms. The lowest BCUT2D eigenvalue weighted by molar-refractivity contribution is 0.351. The molecule has 0 aromatic rings. The van der Waals surface area contributed by atoms with Crippen molar-refractivity contribution in [2.45, 2.75) is 20.3 Å². The van der Waals surface area contributed by atoms with Crippen LogP contribution in [0.4, 0.5) is 0 Å². The minimum absolute atomic E-state index is 0.886. The molecule has 0 atom stereocenters. The second-order valence-corrected chi connectivity index (χ2v) is 1.52. The van der Waals surface area contributed by atoms with Crippen LogP contribution in [0.25, 0.3) is 0 Å². The molecular weight excluding hydrogens is 122 g/mol. The Morgan fingerprint density at radius 3 is 2.88 bits per heavy atom. The highest BCUT2D eigenvalue weighted by Gasteiger charge is 1.81. The van der Waals surface area contributed by atoms with Gasteiger partial charge in [0.2, 0.25) is 0 Å². The number of thiocarbonyl (C=S) groups is 1. The highest BCUT2D eigenvalue weighted by molar-refractivity contribution is 7.78. The Bertz CT molecular complexity index is 101. The molecule has 0 aliphatic heterocycles. The van der Waals surface area contributed by atoms with Gasteiger partial charge in [-0.25, -0.2) is 0 Å². The number of oxime groups is 1. The molecule has 0 heterocycles. The summed E-state index contributed by atoms with van der Waals surface area (Å²) < 4.78 is 0. The molecule has 0 unspecified atom stereocenters. The molecule has 0 spiro atoms. The lowest BCUT2D eigenvalue weighted by Crippen LogP contribution is -1.87. The normalized spacial score (nSPS) is 11.0. The zero-order valence-electron chi connectivity index (χ0n) is 4.97. The monoisotopic (exact) mass is 130 g/mol. The van der Waals surface area contributed by atoms with Gasteiger partial charge in [0.25, 0.3) is 5.55 Å². The summed E-state index contributed by atoms with van der Waals surface area (Å²) in [4.78, 5) is 4.34. The largest absolute Gasteiger partial charge is 0.340 e. The Hall–Kier alpha value is -0.440. The van der Waals surface area contributed by atoms with E-state index in [1.54, 1.807) is 0 Å². The summed E-state index contributed by atoms with van der Waals surface area (Å²) in [6.07, 6.45) is 0.886. The lowest BCUT2D eigenvalue weighted by Gasteiger charge is -1.88. The Balaban J connectivity index is 3.40. The first-order valence-corrected chi connectivity index (χ1v) is 2.78. The van der Waals surface area contributed by atoms with Gasteiger partial charge >= 0.3 is 0 Å². The molecule has 0 bridgehead atoms. The standard InChI is InChI=1S/C5H8NOS/c1-3-5(2)6-7-4-8/h3H2,1-2H3. The predicted molar refractivity (Wildman–Crippen MR) is 37.1 cm³/mol. The summed E-state index contributed by atoms with van der Waals surface area (Å²) in [7, 11) is 0. The fraction of sp³-hybridized carbons (Fsp3) is 0.600. The Labute approximate surface area is 54.5 Å². The summed E-state index contributed by atoms with van der Waals surface area (Å²) in [5, 5.41) is 3.56. The molecule has 0 rings (SSSR count). The van der Waals surface area contributed by atoms with Gasteiger partial charge < -0.3 is 4.84 Å². The second kappa shape index (κ2) is 4.71. The highest BCUT2D eigenvalue weighted by atomic mass is 32.1. The molecule has 45 valence electrons. The summed E-state index contributed by atoms with van der Waals surface area (Å²) in [6, 6.07) is 0. The van der Waals surface area contributed by atoms with Crippen LogP contribution in [0, 0.1) is 0 Å².